The first-order chi connectivity index (χ1) is 8.47. The van der Waals surface area contributed by atoms with Crippen LogP contribution < -0.4 is 0 Å². The third-order valence-electron chi connectivity index (χ3n) is 2.37. The molecule has 0 aliphatic carbocycles. The third-order valence-corrected chi connectivity index (χ3v) is 6.08. The van der Waals surface area contributed by atoms with Crippen LogP contribution in [0.15, 0.2) is 28.7 Å². The van der Waals surface area contributed by atoms with Crippen LogP contribution in [-0.4, -0.2) is 0 Å². The lowest BCUT2D eigenvalue weighted by atomic mass is 10.1. The van der Waals surface area contributed by atoms with E-state index in [0.717, 1.165) is 21.0 Å². The molecule has 2 rings (SSSR count). The van der Waals surface area contributed by atoms with Gasteiger partial charge in [0.15, 0.2) is 11.6 Å². The maximum Gasteiger partial charge on any atom is 0.159 e. The van der Waals surface area contributed by atoms with E-state index in [1.807, 2.05) is 6.07 Å². The first-order valence-electron chi connectivity index (χ1n) is 5.00. The highest BCUT2D eigenvalue weighted by Crippen LogP contribution is 2.39. The molecule has 0 amide bonds. The second kappa shape index (κ2) is 5.99. The summed E-state index contributed by atoms with van der Waals surface area (Å²) >= 11 is 14.3. The summed E-state index contributed by atoms with van der Waals surface area (Å²) in [5.41, 5.74) is 0.733. The number of rotatable bonds is 3. The van der Waals surface area contributed by atoms with Crippen molar-refractivity contribution >= 4 is 54.8 Å². The van der Waals surface area contributed by atoms with Crippen LogP contribution in [0.1, 0.15) is 15.3 Å². The zero-order valence-electron chi connectivity index (χ0n) is 8.89. The molecule has 0 aliphatic rings. The van der Waals surface area contributed by atoms with Crippen molar-refractivity contribution in [3.05, 3.63) is 55.1 Å². The maximum absolute atomic E-state index is 13.1. The monoisotopic (exact) mass is 414 g/mol. The van der Waals surface area contributed by atoms with E-state index in [2.05, 4.69) is 31.9 Å². The van der Waals surface area contributed by atoms with Crippen LogP contribution in [-0.2, 0) is 6.42 Å². The Hall–Kier alpha value is 0.0300. The highest BCUT2D eigenvalue weighted by atomic mass is 79.9. The van der Waals surface area contributed by atoms with Gasteiger partial charge in [-0.2, -0.15) is 0 Å². The topological polar surface area (TPSA) is 0 Å². The summed E-state index contributed by atoms with van der Waals surface area (Å²) < 4.78 is 27.4. The van der Waals surface area contributed by atoms with E-state index in [0.29, 0.717) is 10.8 Å². The minimum absolute atomic E-state index is 0.0242. The average molecular weight is 417 g/mol. The normalized spacial score (nSPS) is 12.7. The van der Waals surface area contributed by atoms with Crippen LogP contribution >= 0.6 is 54.8 Å². The molecular formula is C12H7Br2ClF2S. The first-order valence-corrected chi connectivity index (χ1v) is 7.90. The second-order valence-corrected chi connectivity index (χ2v) is 7.34. The fourth-order valence-electron chi connectivity index (χ4n) is 1.49. The highest BCUT2D eigenvalue weighted by Gasteiger charge is 2.14. The number of hydrogen-bond donors (Lipinski definition) is 0. The molecule has 0 radical (unpaired) electrons. The quantitative estimate of drug-likeness (QED) is 0.529. The number of hydrogen-bond acceptors (Lipinski definition) is 1. The minimum atomic E-state index is -0.827. The molecule has 0 spiro atoms. The van der Waals surface area contributed by atoms with E-state index in [9.17, 15) is 8.78 Å². The summed E-state index contributed by atoms with van der Waals surface area (Å²) in [6.45, 7) is 0. The standard InChI is InChI=1S/C12H7Br2ClF2S/c13-7(11-5-8(14)12(15)18-11)3-6-1-2-9(16)10(17)4-6/h1-2,4-5,7H,3H2. The second-order valence-electron chi connectivity index (χ2n) is 3.69. The minimum Gasteiger partial charge on any atom is -0.204 e. The van der Waals surface area contributed by atoms with E-state index in [1.165, 1.54) is 17.4 Å². The molecule has 0 N–H and O–H groups in total. The van der Waals surface area contributed by atoms with Crippen molar-refractivity contribution in [1.82, 2.24) is 0 Å². The van der Waals surface area contributed by atoms with Crippen molar-refractivity contribution in [2.24, 2.45) is 0 Å². The lowest BCUT2D eigenvalue weighted by Crippen LogP contribution is -1.95. The van der Waals surface area contributed by atoms with Crippen LogP contribution in [0.4, 0.5) is 8.78 Å². The van der Waals surface area contributed by atoms with Crippen LogP contribution in [0.3, 0.4) is 0 Å². The summed E-state index contributed by atoms with van der Waals surface area (Å²) in [6.07, 6.45) is 0.570. The molecule has 0 saturated carbocycles. The molecule has 1 unspecified atom stereocenters. The zero-order valence-corrected chi connectivity index (χ0v) is 13.6. The van der Waals surface area contributed by atoms with E-state index in [4.69, 9.17) is 11.6 Å². The fourth-order valence-corrected chi connectivity index (χ4v) is 3.99. The number of halogens is 5. The Morgan fingerprint density at radius 1 is 1.22 bits per heavy atom. The Labute approximate surface area is 129 Å². The number of benzene rings is 1. The van der Waals surface area contributed by atoms with E-state index >= 15 is 0 Å². The number of thiophene rings is 1. The van der Waals surface area contributed by atoms with E-state index < -0.39 is 11.6 Å². The zero-order chi connectivity index (χ0) is 13.3. The van der Waals surface area contributed by atoms with Gasteiger partial charge in [0.1, 0.15) is 4.34 Å². The molecule has 6 heteroatoms. The van der Waals surface area contributed by atoms with Gasteiger partial charge in [-0.3, -0.25) is 0 Å². The summed E-state index contributed by atoms with van der Waals surface area (Å²) in [6, 6.07) is 5.86. The summed E-state index contributed by atoms with van der Waals surface area (Å²) in [4.78, 5) is 1.06. The lowest BCUT2D eigenvalue weighted by Gasteiger charge is -2.07. The Bertz CT molecular complexity index is 552. The van der Waals surface area contributed by atoms with Gasteiger partial charge in [-0.15, -0.1) is 11.3 Å². The summed E-state index contributed by atoms with van der Waals surface area (Å²) in [5.74, 6) is -1.65. The SMILES string of the molecule is Fc1ccc(CC(Br)c2cc(Br)c(Cl)s2)cc1F. The van der Waals surface area contributed by atoms with Gasteiger partial charge in [-0.05, 0) is 46.1 Å². The van der Waals surface area contributed by atoms with Gasteiger partial charge in [0.05, 0.1) is 4.83 Å². The molecule has 2 aromatic rings. The van der Waals surface area contributed by atoms with Crippen molar-refractivity contribution in [2.45, 2.75) is 11.2 Å². The Balaban J connectivity index is 2.15. The fraction of sp³-hybridized carbons (Fsp3) is 0.167. The molecule has 0 fully saturated rings. The van der Waals surface area contributed by atoms with Gasteiger partial charge < -0.3 is 0 Å². The predicted molar refractivity (Wildman–Crippen MR) is 78.8 cm³/mol. The maximum atomic E-state index is 13.1. The van der Waals surface area contributed by atoms with Crippen LogP contribution in [0, 0.1) is 11.6 Å². The highest BCUT2D eigenvalue weighted by molar-refractivity contribution is 9.10. The molecule has 0 saturated heterocycles. The molecule has 0 bridgehead atoms. The van der Waals surface area contributed by atoms with Gasteiger partial charge >= 0.3 is 0 Å². The molecule has 96 valence electrons. The smallest absolute Gasteiger partial charge is 0.159 e. The van der Waals surface area contributed by atoms with Crippen molar-refractivity contribution < 1.29 is 8.78 Å². The molecular weight excluding hydrogens is 409 g/mol. The molecule has 1 heterocycles. The van der Waals surface area contributed by atoms with Gasteiger partial charge in [0, 0.05) is 9.35 Å². The van der Waals surface area contributed by atoms with Gasteiger partial charge in [-0.25, -0.2) is 8.78 Å². The summed E-state index contributed by atoms with van der Waals surface area (Å²) in [7, 11) is 0. The average Bonchev–Trinajstić information content (AvgIpc) is 2.65. The van der Waals surface area contributed by atoms with E-state index in [-0.39, 0.29) is 4.83 Å². The predicted octanol–water partition coefficient (Wildman–Crippen LogP) is 6.12. The lowest BCUT2D eigenvalue weighted by molar-refractivity contribution is 0.507. The van der Waals surface area contributed by atoms with Gasteiger partial charge in [0.25, 0.3) is 0 Å². The molecule has 0 aliphatic heterocycles. The van der Waals surface area contributed by atoms with Gasteiger partial charge in [-0.1, -0.05) is 33.6 Å². The Morgan fingerprint density at radius 2 is 1.94 bits per heavy atom. The molecule has 0 nitrogen and oxygen atoms in total. The molecule has 1 aromatic heterocycles. The first kappa shape index (κ1) is 14.4. The largest absolute Gasteiger partial charge is 0.204 e. The van der Waals surface area contributed by atoms with Crippen LogP contribution in [0.2, 0.25) is 4.34 Å². The Morgan fingerprint density at radius 3 is 2.50 bits per heavy atom. The van der Waals surface area contributed by atoms with Crippen molar-refractivity contribution in [3.63, 3.8) is 0 Å². The Kier molecular flexibility index (Phi) is 4.80. The summed E-state index contributed by atoms with van der Waals surface area (Å²) in [5, 5.41) is 0. The van der Waals surface area contributed by atoms with Crippen LogP contribution in [0.25, 0.3) is 0 Å². The van der Waals surface area contributed by atoms with Crippen molar-refractivity contribution in [1.29, 1.82) is 0 Å². The molecule has 1 atom stereocenters. The molecule has 18 heavy (non-hydrogen) atoms. The van der Waals surface area contributed by atoms with Crippen molar-refractivity contribution in [3.8, 4) is 0 Å². The van der Waals surface area contributed by atoms with E-state index in [1.54, 1.807) is 6.07 Å². The van der Waals surface area contributed by atoms with Crippen LogP contribution in [0.5, 0.6) is 0 Å². The third kappa shape index (κ3) is 3.32. The molecule has 1 aromatic carbocycles. The van der Waals surface area contributed by atoms with Gasteiger partial charge in [0.2, 0.25) is 0 Å². The number of alkyl halides is 1. The van der Waals surface area contributed by atoms with Crippen molar-refractivity contribution in [2.75, 3.05) is 0 Å².